The van der Waals surface area contributed by atoms with Gasteiger partial charge in [-0.05, 0) is 37.1 Å². The molecule has 1 amide bonds. The minimum Gasteiger partial charge on any atom is -0.467 e. The fraction of sp³-hybridized carbons (Fsp3) is 0.364. The molecule has 1 atom stereocenters. The zero-order valence-corrected chi connectivity index (χ0v) is 16.4. The first kappa shape index (κ1) is 18.5. The molecule has 0 fully saturated rings. The molecule has 0 N–H and O–H groups in total. The Morgan fingerprint density at radius 2 is 2.04 bits per heavy atom. The topological polar surface area (TPSA) is 54.5 Å². The number of fused-ring (bicyclic) bond motifs is 1. The number of benzene rings is 1. The predicted octanol–water partition coefficient (Wildman–Crippen LogP) is 3.72. The first-order valence-corrected chi connectivity index (χ1v) is 9.75. The Labute approximate surface area is 165 Å². The van der Waals surface area contributed by atoms with Gasteiger partial charge in [-0.25, -0.2) is 0 Å². The van der Waals surface area contributed by atoms with Gasteiger partial charge in [0.1, 0.15) is 5.76 Å². The molecule has 0 spiro atoms. The molecule has 146 valence electrons. The second-order valence-electron chi connectivity index (χ2n) is 7.40. The van der Waals surface area contributed by atoms with Crippen LogP contribution in [0.15, 0.2) is 59.2 Å². The molecule has 3 aromatic rings. The van der Waals surface area contributed by atoms with Crippen molar-refractivity contribution in [2.75, 3.05) is 13.6 Å². The summed E-state index contributed by atoms with van der Waals surface area (Å²) in [5.74, 6) is 0.685. The van der Waals surface area contributed by atoms with Crippen molar-refractivity contribution in [1.82, 2.24) is 19.6 Å². The monoisotopic (exact) mass is 378 g/mol. The van der Waals surface area contributed by atoms with Gasteiger partial charge < -0.3 is 9.32 Å². The van der Waals surface area contributed by atoms with Crippen LogP contribution in [0.2, 0.25) is 0 Å². The summed E-state index contributed by atoms with van der Waals surface area (Å²) < 4.78 is 7.43. The highest BCUT2D eigenvalue weighted by Gasteiger charge is 2.25. The Bertz CT molecular complexity index is 917. The molecule has 0 unspecified atom stereocenters. The SMILES string of the molecule is C[C@H](c1ccco1)N(C)C(=O)c1cc2n(n1)CCCN(Cc1ccccc1)C2. The van der Waals surface area contributed by atoms with Crippen LogP contribution >= 0.6 is 0 Å². The van der Waals surface area contributed by atoms with Gasteiger partial charge in [0.2, 0.25) is 0 Å². The highest BCUT2D eigenvalue weighted by Crippen LogP contribution is 2.22. The fourth-order valence-electron chi connectivity index (χ4n) is 3.69. The highest BCUT2D eigenvalue weighted by atomic mass is 16.3. The molecule has 6 heteroatoms. The van der Waals surface area contributed by atoms with Crippen molar-refractivity contribution in [3.63, 3.8) is 0 Å². The molecule has 3 heterocycles. The third-order valence-electron chi connectivity index (χ3n) is 5.42. The Balaban J connectivity index is 1.48. The Morgan fingerprint density at radius 3 is 2.79 bits per heavy atom. The lowest BCUT2D eigenvalue weighted by molar-refractivity contribution is 0.0719. The van der Waals surface area contributed by atoms with E-state index in [0.717, 1.165) is 44.1 Å². The van der Waals surface area contributed by atoms with Crippen molar-refractivity contribution in [3.05, 3.63) is 77.5 Å². The van der Waals surface area contributed by atoms with E-state index in [1.165, 1.54) is 5.56 Å². The van der Waals surface area contributed by atoms with Crippen LogP contribution < -0.4 is 0 Å². The van der Waals surface area contributed by atoms with Crippen molar-refractivity contribution in [2.45, 2.75) is 39.0 Å². The van der Waals surface area contributed by atoms with E-state index >= 15 is 0 Å². The zero-order valence-electron chi connectivity index (χ0n) is 16.4. The lowest BCUT2D eigenvalue weighted by Gasteiger charge is -2.22. The van der Waals surface area contributed by atoms with E-state index in [9.17, 15) is 4.79 Å². The van der Waals surface area contributed by atoms with Crippen LogP contribution in [0, 0.1) is 0 Å². The minimum atomic E-state index is -0.140. The summed E-state index contributed by atoms with van der Waals surface area (Å²) in [6.07, 6.45) is 2.65. The summed E-state index contributed by atoms with van der Waals surface area (Å²) in [6, 6.07) is 16.0. The highest BCUT2D eigenvalue weighted by molar-refractivity contribution is 5.92. The standard InChI is InChI=1S/C22H26N4O2/c1-17(21-10-6-13-28-21)24(2)22(27)20-14-19-16-25(11-7-12-26(19)23-20)15-18-8-4-3-5-9-18/h3-6,8-10,13-14,17H,7,11-12,15-16H2,1-2H3/t17-/m1/s1. The van der Waals surface area contributed by atoms with Gasteiger partial charge in [0, 0.05) is 33.2 Å². The zero-order chi connectivity index (χ0) is 19.5. The van der Waals surface area contributed by atoms with Gasteiger partial charge in [0.05, 0.1) is 18.0 Å². The number of rotatable bonds is 5. The molecule has 2 aromatic heterocycles. The molecule has 1 aliphatic rings. The first-order chi connectivity index (χ1) is 13.6. The number of aromatic nitrogens is 2. The minimum absolute atomic E-state index is 0.0842. The van der Waals surface area contributed by atoms with Crippen LogP contribution in [0.1, 0.15) is 46.9 Å². The van der Waals surface area contributed by atoms with Gasteiger partial charge in [-0.15, -0.1) is 0 Å². The number of hydrogen-bond acceptors (Lipinski definition) is 4. The van der Waals surface area contributed by atoms with Crippen molar-refractivity contribution < 1.29 is 9.21 Å². The summed E-state index contributed by atoms with van der Waals surface area (Å²) in [4.78, 5) is 17.1. The van der Waals surface area contributed by atoms with Crippen molar-refractivity contribution >= 4 is 5.91 Å². The number of amides is 1. The van der Waals surface area contributed by atoms with E-state index in [-0.39, 0.29) is 11.9 Å². The van der Waals surface area contributed by atoms with E-state index in [1.54, 1.807) is 18.2 Å². The molecule has 0 saturated heterocycles. The summed E-state index contributed by atoms with van der Waals surface area (Å²) in [6.45, 7) is 5.53. The maximum absolute atomic E-state index is 13.0. The van der Waals surface area contributed by atoms with Crippen LogP contribution in [-0.4, -0.2) is 39.1 Å². The number of furan rings is 1. The second-order valence-corrected chi connectivity index (χ2v) is 7.40. The van der Waals surface area contributed by atoms with Gasteiger partial charge in [-0.1, -0.05) is 30.3 Å². The second kappa shape index (κ2) is 8.02. The summed E-state index contributed by atoms with van der Waals surface area (Å²) in [5, 5.41) is 4.61. The largest absolute Gasteiger partial charge is 0.467 e. The third kappa shape index (κ3) is 3.87. The quantitative estimate of drug-likeness (QED) is 0.679. The van der Waals surface area contributed by atoms with Crippen LogP contribution in [0.25, 0.3) is 0 Å². The molecule has 0 aliphatic carbocycles. The van der Waals surface area contributed by atoms with Crippen molar-refractivity contribution in [2.24, 2.45) is 0 Å². The summed E-state index contributed by atoms with van der Waals surface area (Å²) in [7, 11) is 1.79. The lowest BCUT2D eigenvalue weighted by Crippen LogP contribution is -2.30. The molecular weight excluding hydrogens is 352 g/mol. The molecule has 1 aromatic carbocycles. The maximum Gasteiger partial charge on any atom is 0.274 e. The van der Waals surface area contributed by atoms with Crippen molar-refractivity contribution in [1.29, 1.82) is 0 Å². The number of aryl methyl sites for hydroxylation is 1. The third-order valence-corrected chi connectivity index (χ3v) is 5.42. The van der Waals surface area contributed by atoms with Crippen molar-refractivity contribution in [3.8, 4) is 0 Å². The van der Waals surface area contributed by atoms with Gasteiger partial charge in [-0.2, -0.15) is 5.10 Å². The lowest BCUT2D eigenvalue weighted by atomic mass is 10.2. The van der Waals surface area contributed by atoms with E-state index in [1.807, 2.05) is 35.9 Å². The summed E-state index contributed by atoms with van der Waals surface area (Å²) >= 11 is 0. The number of hydrogen-bond donors (Lipinski definition) is 0. The average molecular weight is 378 g/mol. The number of carbonyl (C=O) groups is 1. The normalized spacial score (nSPS) is 15.6. The fourth-order valence-corrected chi connectivity index (χ4v) is 3.69. The number of nitrogens with zero attached hydrogens (tertiary/aromatic N) is 4. The van der Waals surface area contributed by atoms with Gasteiger partial charge in [-0.3, -0.25) is 14.4 Å². The van der Waals surface area contributed by atoms with Gasteiger partial charge in [0.25, 0.3) is 5.91 Å². The Morgan fingerprint density at radius 1 is 1.21 bits per heavy atom. The molecule has 4 rings (SSSR count). The van der Waals surface area contributed by atoms with E-state index in [0.29, 0.717) is 5.69 Å². The predicted molar refractivity (Wildman–Crippen MR) is 107 cm³/mol. The smallest absolute Gasteiger partial charge is 0.274 e. The van der Waals surface area contributed by atoms with Crippen LogP contribution in [0.3, 0.4) is 0 Å². The Hall–Kier alpha value is -2.86. The van der Waals surface area contributed by atoms with Crippen LogP contribution in [0.5, 0.6) is 0 Å². The van der Waals surface area contributed by atoms with E-state index in [4.69, 9.17) is 4.42 Å². The molecule has 0 radical (unpaired) electrons. The van der Waals surface area contributed by atoms with E-state index in [2.05, 4.69) is 34.3 Å². The Kier molecular flexibility index (Phi) is 5.30. The molecular formula is C22H26N4O2. The van der Waals surface area contributed by atoms with Gasteiger partial charge >= 0.3 is 0 Å². The molecule has 28 heavy (non-hydrogen) atoms. The molecule has 1 aliphatic heterocycles. The average Bonchev–Trinajstić information content (AvgIpc) is 3.34. The number of carbonyl (C=O) groups excluding carboxylic acids is 1. The molecule has 0 saturated carbocycles. The van der Waals surface area contributed by atoms with Crippen LogP contribution in [0.4, 0.5) is 0 Å². The maximum atomic E-state index is 13.0. The first-order valence-electron chi connectivity index (χ1n) is 9.75. The molecule has 6 nitrogen and oxygen atoms in total. The summed E-state index contributed by atoms with van der Waals surface area (Å²) in [5.41, 5.74) is 2.90. The van der Waals surface area contributed by atoms with Crippen LogP contribution in [-0.2, 0) is 19.6 Å². The van der Waals surface area contributed by atoms with E-state index < -0.39 is 0 Å². The molecule has 0 bridgehead atoms. The van der Waals surface area contributed by atoms with Gasteiger partial charge in [0.15, 0.2) is 5.69 Å².